The van der Waals surface area contributed by atoms with Crippen molar-refractivity contribution in [1.29, 1.82) is 0 Å². The maximum Gasteiger partial charge on any atom is 0.306 e. The quantitative estimate of drug-likeness (QED) is 0.682. The molecule has 2 heteroatoms. The standard InChI is InChI=1S/C9H18O2/c1-6(2)5-8(7(3)4)9(10)11/h6-8H,5H2,1-4H3,(H,10,11). The number of aliphatic carboxylic acids is 1. The molecular weight excluding hydrogens is 140 g/mol. The first-order valence-corrected chi connectivity index (χ1v) is 4.18. The lowest BCUT2D eigenvalue weighted by Crippen LogP contribution is -2.21. The minimum atomic E-state index is -0.659. The van der Waals surface area contributed by atoms with Gasteiger partial charge >= 0.3 is 5.97 Å². The topological polar surface area (TPSA) is 37.3 Å². The van der Waals surface area contributed by atoms with Gasteiger partial charge in [-0.1, -0.05) is 27.7 Å². The second-order valence-corrected chi connectivity index (χ2v) is 3.82. The minimum absolute atomic E-state index is 0.171. The van der Waals surface area contributed by atoms with E-state index in [1.807, 2.05) is 13.8 Å². The molecule has 0 aromatic heterocycles. The molecule has 2 nitrogen and oxygen atoms in total. The van der Waals surface area contributed by atoms with Crippen molar-refractivity contribution in [2.24, 2.45) is 17.8 Å². The van der Waals surface area contributed by atoms with Gasteiger partial charge in [0.1, 0.15) is 0 Å². The molecule has 0 heterocycles. The van der Waals surface area contributed by atoms with E-state index in [0.29, 0.717) is 5.92 Å². The van der Waals surface area contributed by atoms with Gasteiger partial charge in [0.2, 0.25) is 0 Å². The van der Waals surface area contributed by atoms with E-state index in [-0.39, 0.29) is 11.8 Å². The summed E-state index contributed by atoms with van der Waals surface area (Å²) in [7, 11) is 0. The van der Waals surface area contributed by atoms with Crippen LogP contribution in [0.3, 0.4) is 0 Å². The predicted octanol–water partition coefficient (Wildman–Crippen LogP) is 2.39. The fourth-order valence-corrected chi connectivity index (χ4v) is 1.17. The molecule has 0 fully saturated rings. The Morgan fingerprint density at radius 2 is 1.73 bits per heavy atom. The van der Waals surface area contributed by atoms with Crippen LogP contribution in [0.25, 0.3) is 0 Å². The second-order valence-electron chi connectivity index (χ2n) is 3.82. The van der Waals surface area contributed by atoms with Crippen molar-refractivity contribution in [3.8, 4) is 0 Å². The van der Waals surface area contributed by atoms with Crippen molar-refractivity contribution in [3.05, 3.63) is 0 Å². The van der Waals surface area contributed by atoms with Crippen molar-refractivity contribution in [3.63, 3.8) is 0 Å². The Balaban J connectivity index is 4.01. The van der Waals surface area contributed by atoms with Crippen LogP contribution < -0.4 is 0 Å². The molecule has 0 aliphatic rings. The van der Waals surface area contributed by atoms with Gasteiger partial charge in [0.25, 0.3) is 0 Å². The van der Waals surface area contributed by atoms with Crippen LogP contribution in [-0.2, 0) is 4.79 Å². The third kappa shape index (κ3) is 4.02. The predicted molar refractivity (Wildman–Crippen MR) is 45.4 cm³/mol. The van der Waals surface area contributed by atoms with Crippen LogP contribution in [0.2, 0.25) is 0 Å². The lowest BCUT2D eigenvalue weighted by atomic mass is 9.88. The molecule has 1 unspecified atom stereocenters. The highest BCUT2D eigenvalue weighted by Gasteiger charge is 2.21. The van der Waals surface area contributed by atoms with Crippen LogP contribution in [0.4, 0.5) is 0 Å². The molecule has 0 aliphatic carbocycles. The number of rotatable bonds is 4. The molecule has 1 atom stereocenters. The summed E-state index contributed by atoms with van der Waals surface area (Å²) in [6, 6.07) is 0. The Labute approximate surface area is 68.6 Å². The van der Waals surface area contributed by atoms with Gasteiger partial charge in [-0.25, -0.2) is 0 Å². The third-order valence-electron chi connectivity index (χ3n) is 1.85. The highest BCUT2D eigenvalue weighted by atomic mass is 16.4. The van der Waals surface area contributed by atoms with Crippen LogP contribution in [0.5, 0.6) is 0 Å². The van der Waals surface area contributed by atoms with E-state index in [1.165, 1.54) is 0 Å². The van der Waals surface area contributed by atoms with Crippen molar-refractivity contribution in [2.75, 3.05) is 0 Å². The molecule has 1 N–H and O–H groups in total. The van der Waals surface area contributed by atoms with Crippen LogP contribution in [0.1, 0.15) is 34.1 Å². The van der Waals surface area contributed by atoms with E-state index >= 15 is 0 Å². The van der Waals surface area contributed by atoms with Gasteiger partial charge in [0, 0.05) is 0 Å². The molecule has 0 radical (unpaired) electrons. The summed E-state index contributed by atoms with van der Waals surface area (Å²) in [6.07, 6.45) is 0.785. The number of hydrogen-bond acceptors (Lipinski definition) is 1. The summed E-state index contributed by atoms with van der Waals surface area (Å²) < 4.78 is 0. The molecule has 0 aromatic carbocycles. The van der Waals surface area contributed by atoms with E-state index < -0.39 is 5.97 Å². The average molecular weight is 158 g/mol. The van der Waals surface area contributed by atoms with E-state index in [4.69, 9.17) is 5.11 Å². The Kier molecular flexibility index (Phi) is 4.16. The molecule has 0 saturated heterocycles. The zero-order valence-corrected chi connectivity index (χ0v) is 7.79. The highest BCUT2D eigenvalue weighted by Crippen LogP contribution is 2.19. The average Bonchev–Trinajstić information content (AvgIpc) is 1.81. The first-order chi connectivity index (χ1) is 4.95. The van der Waals surface area contributed by atoms with Crippen LogP contribution >= 0.6 is 0 Å². The second kappa shape index (κ2) is 4.37. The smallest absolute Gasteiger partial charge is 0.306 e. The SMILES string of the molecule is CC(C)CC(C(=O)O)C(C)C. The normalized spacial score (nSPS) is 14.0. The minimum Gasteiger partial charge on any atom is -0.481 e. The monoisotopic (exact) mass is 158 g/mol. The maximum atomic E-state index is 10.7. The lowest BCUT2D eigenvalue weighted by Gasteiger charge is -2.17. The van der Waals surface area contributed by atoms with E-state index in [9.17, 15) is 4.79 Å². The van der Waals surface area contributed by atoms with Gasteiger partial charge in [-0.05, 0) is 18.3 Å². The molecule has 0 amide bonds. The number of carboxylic acid groups (broad SMARTS) is 1. The third-order valence-corrected chi connectivity index (χ3v) is 1.85. The Morgan fingerprint density at radius 1 is 1.27 bits per heavy atom. The zero-order chi connectivity index (χ0) is 9.02. The fraction of sp³-hybridized carbons (Fsp3) is 0.889. The Hall–Kier alpha value is -0.530. The molecule has 66 valence electrons. The molecule has 0 aliphatic heterocycles. The van der Waals surface area contributed by atoms with E-state index in [0.717, 1.165) is 6.42 Å². The first kappa shape index (κ1) is 10.5. The molecule has 11 heavy (non-hydrogen) atoms. The van der Waals surface area contributed by atoms with Gasteiger partial charge in [-0.15, -0.1) is 0 Å². The van der Waals surface area contributed by atoms with E-state index in [1.54, 1.807) is 0 Å². The summed E-state index contributed by atoms with van der Waals surface area (Å²) in [5.41, 5.74) is 0. The largest absolute Gasteiger partial charge is 0.481 e. The summed E-state index contributed by atoms with van der Waals surface area (Å²) in [6.45, 7) is 8.03. The van der Waals surface area contributed by atoms with E-state index in [2.05, 4.69) is 13.8 Å². The molecule has 0 spiro atoms. The summed E-state index contributed by atoms with van der Waals surface area (Å²) in [4.78, 5) is 10.7. The first-order valence-electron chi connectivity index (χ1n) is 4.18. The maximum absolute atomic E-state index is 10.7. The molecule has 0 saturated carbocycles. The Bertz CT molecular complexity index is 128. The fourth-order valence-electron chi connectivity index (χ4n) is 1.17. The zero-order valence-electron chi connectivity index (χ0n) is 7.79. The van der Waals surface area contributed by atoms with Crippen molar-refractivity contribution in [1.82, 2.24) is 0 Å². The molecular formula is C9H18O2. The summed E-state index contributed by atoms with van der Waals surface area (Å²) in [5.74, 6) is -0.114. The van der Waals surface area contributed by atoms with Gasteiger partial charge in [-0.2, -0.15) is 0 Å². The number of carboxylic acids is 1. The summed E-state index contributed by atoms with van der Waals surface area (Å²) >= 11 is 0. The number of hydrogen-bond donors (Lipinski definition) is 1. The van der Waals surface area contributed by atoms with Crippen molar-refractivity contribution in [2.45, 2.75) is 34.1 Å². The van der Waals surface area contributed by atoms with Crippen LogP contribution in [0.15, 0.2) is 0 Å². The van der Waals surface area contributed by atoms with Crippen LogP contribution in [-0.4, -0.2) is 11.1 Å². The Morgan fingerprint density at radius 3 is 1.82 bits per heavy atom. The molecule has 0 aromatic rings. The van der Waals surface area contributed by atoms with Crippen molar-refractivity contribution < 1.29 is 9.90 Å². The molecule has 0 bridgehead atoms. The van der Waals surface area contributed by atoms with Gasteiger partial charge in [0.15, 0.2) is 0 Å². The summed E-state index contributed by atoms with van der Waals surface area (Å²) in [5, 5.41) is 8.79. The number of carbonyl (C=O) groups is 1. The highest BCUT2D eigenvalue weighted by molar-refractivity contribution is 5.70. The molecule has 0 rings (SSSR count). The van der Waals surface area contributed by atoms with Gasteiger partial charge in [-0.3, -0.25) is 4.79 Å². The van der Waals surface area contributed by atoms with Crippen LogP contribution in [0, 0.1) is 17.8 Å². The van der Waals surface area contributed by atoms with Crippen molar-refractivity contribution >= 4 is 5.97 Å². The van der Waals surface area contributed by atoms with Gasteiger partial charge < -0.3 is 5.11 Å². The lowest BCUT2D eigenvalue weighted by molar-refractivity contribution is -0.143. The van der Waals surface area contributed by atoms with Gasteiger partial charge in [0.05, 0.1) is 5.92 Å².